The number of amides is 1. The second kappa shape index (κ2) is 8.15. The van der Waals surface area contributed by atoms with Crippen molar-refractivity contribution in [1.82, 2.24) is 19.1 Å². The number of nitrogens with zero attached hydrogens (tertiary/aromatic N) is 4. The number of fused-ring (bicyclic) bond motifs is 2. The molecular formula is C26H23F2N5O3S. The van der Waals surface area contributed by atoms with Gasteiger partial charge in [0.25, 0.3) is 0 Å². The zero-order chi connectivity index (χ0) is 26.1. The number of aromatic nitrogens is 3. The highest BCUT2D eigenvalue weighted by Gasteiger charge is 2.73. The van der Waals surface area contributed by atoms with E-state index in [0.717, 1.165) is 28.2 Å². The predicted molar refractivity (Wildman–Crippen MR) is 134 cm³/mol. The van der Waals surface area contributed by atoms with E-state index in [0.29, 0.717) is 5.69 Å². The number of hydrogen-bond donors (Lipinski definition) is 1. The average molecular weight is 524 g/mol. The number of halogens is 2. The minimum absolute atomic E-state index is 0.184. The van der Waals surface area contributed by atoms with Gasteiger partial charge in [0, 0.05) is 23.9 Å². The molecule has 0 bridgehead atoms. The summed E-state index contributed by atoms with van der Waals surface area (Å²) in [6.45, 7) is 2.35. The largest absolute Gasteiger partial charge is 0.310 e. The van der Waals surface area contributed by atoms with Crippen molar-refractivity contribution >= 4 is 32.7 Å². The molecular weight excluding hydrogens is 500 g/mol. The summed E-state index contributed by atoms with van der Waals surface area (Å²) in [6.07, 6.45) is 3.91. The lowest BCUT2D eigenvalue weighted by molar-refractivity contribution is -0.118. The standard InChI is InChI=1S/C26H23F2N5O3S/c1-15-9-22-16(11-30-33(22)19-6-3-17(27)4-7-19)10-20(15)26-14-32(37(2,35)36)13-21(26)24(26)25(34)31-23-8-5-18(28)12-29-23/h3-12,21,24H,13-14H2,1-2H3,(H,29,31,34)/t21-,24+,26+/m1/s1. The first-order valence-electron chi connectivity index (χ1n) is 11.7. The SMILES string of the molecule is Cc1cc2c(cnn2-c2ccc(F)cc2)cc1[C@@]12CN(S(C)(=O)=O)C[C@@H]1[C@H]2C(=O)Nc1ccc(F)cn1. The Labute approximate surface area is 212 Å². The Hall–Kier alpha value is -3.70. The van der Waals surface area contributed by atoms with Gasteiger partial charge in [0.1, 0.15) is 17.5 Å². The molecule has 0 spiro atoms. The first-order valence-corrected chi connectivity index (χ1v) is 13.5. The highest BCUT2D eigenvalue weighted by Crippen LogP contribution is 2.65. The maximum absolute atomic E-state index is 13.4. The molecule has 0 unspecified atom stereocenters. The quantitative estimate of drug-likeness (QED) is 0.433. The normalized spacial score (nSPS) is 23.2. The Kier molecular flexibility index (Phi) is 5.22. The number of nitrogens with one attached hydrogen (secondary N) is 1. The molecule has 190 valence electrons. The Morgan fingerprint density at radius 1 is 1.08 bits per heavy atom. The van der Waals surface area contributed by atoms with Gasteiger partial charge in [-0.2, -0.15) is 5.10 Å². The molecule has 1 aliphatic heterocycles. The van der Waals surface area contributed by atoms with Gasteiger partial charge in [-0.1, -0.05) is 0 Å². The lowest BCUT2D eigenvalue weighted by Gasteiger charge is -2.23. The molecule has 4 aromatic rings. The molecule has 2 aromatic heterocycles. The van der Waals surface area contributed by atoms with Gasteiger partial charge in [-0.25, -0.2) is 31.2 Å². The van der Waals surface area contributed by atoms with Gasteiger partial charge in [0.15, 0.2) is 0 Å². The molecule has 1 N–H and O–H groups in total. The van der Waals surface area contributed by atoms with Gasteiger partial charge in [0.05, 0.1) is 35.8 Å². The third-order valence-electron chi connectivity index (χ3n) is 7.57. The van der Waals surface area contributed by atoms with Gasteiger partial charge in [-0.15, -0.1) is 0 Å². The van der Waals surface area contributed by atoms with Gasteiger partial charge >= 0.3 is 0 Å². The number of aryl methyl sites for hydroxylation is 1. The van der Waals surface area contributed by atoms with Crippen molar-refractivity contribution in [3.05, 3.63) is 83.7 Å². The Balaban J connectivity index is 1.40. The summed E-state index contributed by atoms with van der Waals surface area (Å²) >= 11 is 0. The van der Waals surface area contributed by atoms with Crippen LogP contribution >= 0.6 is 0 Å². The van der Waals surface area contributed by atoms with E-state index in [-0.39, 0.29) is 36.5 Å². The number of carbonyl (C=O) groups is 1. The van der Waals surface area contributed by atoms with Gasteiger partial charge in [-0.05, 0) is 72.5 Å². The molecule has 2 aromatic carbocycles. The second-order valence-electron chi connectivity index (χ2n) is 9.79. The van der Waals surface area contributed by atoms with Crippen LogP contribution < -0.4 is 5.32 Å². The van der Waals surface area contributed by atoms with E-state index in [1.54, 1.807) is 23.0 Å². The van der Waals surface area contributed by atoms with Crippen molar-refractivity contribution in [3.8, 4) is 5.69 Å². The third kappa shape index (κ3) is 3.80. The van der Waals surface area contributed by atoms with Crippen molar-refractivity contribution in [2.45, 2.75) is 12.3 Å². The lowest BCUT2D eigenvalue weighted by Crippen LogP contribution is -2.36. The van der Waals surface area contributed by atoms with E-state index in [1.807, 2.05) is 19.1 Å². The van der Waals surface area contributed by atoms with E-state index >= 15 is 0 Å². The molecule has 8 nitrogen and oxygen atoms in total. The summed E-state index contributed by atoms with van der Waals surface area (Å²) in [4.78, 5) is 17.3. The fourth-order valence-electron chi connectivity index (χ4n) is 5.82. The van der Waals surface area contributed by atoms with E-state index in [2.05, 4.69) is 15.4 Å². The Morgan fingerprint density at radius 2 is 1.81 bits per heavy atom. The number of carbonyl (C=O) groups excluding carboxylic acids is 1. The van der Waals surface area contributed by atoms with Crippen LogP contribution in [0, 0.1) is 30.4 Å². The van der Waals surface area contributed by atoms with Gasteiger partial charge in [0.2, 0.25) is 15.9 Å². The number of benzene rings is 2. The van der Waals surface area contributed by atoms with E-state index in [1.165, 1.54) is 34.8 Å². The van der Waals surface area contributed by atoms with Crippen molar-refractivity contribution in [2.24, 2.45) is 11.8 Å². The van der Waals surface area contributed by atoms with Crippen molar-refractivity contribution in [1.29, 1.82) is 0 Å². The maximum atomic E-state index is 13.4. The maximum Gasteiger partial charge on any atom is 0.229 e. The molecule has 6 rings (SSSR count). The minimum atomic E-state index is -3.45. The van der Waals surface area contributed by atoms with Crippen LogP contribution in [-0.4, -0.2) is 52.7 Å². The van der Waals surface area contributed by atoms with Crippen molar-refractivity contribution in [2.75, 3.05) is 24.7 Å². The first kappa shape index (κ1) is 23.7. The average Bonchev–Trinajstić information content (AvgIpc) is 3.12. The van der Waals surface area contributed by atoms with E-state index in [4.69, 9.17) is 0 Å². The van der Waals surface area contributed by atoms with Crippen LogP contribution in [0.2, 0.25) is 0 Å². The summed E-state index contributed by atoms with van der Waals surface area (Å²) in [5.41, 5.74) is 2.60. The zero-order valence-corrected chi connectivity index (χ0v) is 20.8. The molecule has 2 aliphatic rings. The molecule has 0 radical (unpaired) electrons. The number of hydrogen-bond acceptors (Lipinski definition) is 5. The number of sulfonamides is 1. The smallest absolute Gasteiger partial charge is 0.229 e. The Morgan fingerprint density at radius 3 is 2.49 bits per heavy atom. The van der Waals surface area contributed by atoms with Crippen LogP contribution in [-0.2, 0) is 20.2 Å². The molecule has 3 heterocycles. The van der Waals surface area contributed by atoms with Gasteiger partial charge < -0.3 is 5.32 Å². The third-order valence-corrected chi connectivity index (χ3v) is 8.78. The molecule has 11 heteroatoms. The minimum Gasteiger partial charge on any atom is -0.310 e. The summed E-state index contributed by atoms with van der Waals surface area (Å²) < 4.78 is 54.6. The lowest BCUT2D eigenvalue weighted by atomic mass is 9.88. The molecule has 2 fully saturated rings. The number of anilines is 1. The fraction of sp³-hybridized carbons (Fsp3) is 0.269. The summed E-state index contributed by atoms with van der Waals surface area (Å²) in [5, 5.41) is 8.07. The summed E-state index contributed by atoms with van der Waals surface area (Å²) in [7, 11) is -3.45. The van der Waals surface area contributed by atoms with Crippen LogP contribution in [0.1, 0.15) is 11.1 Å². The fourth-order valence-corrected chi connectivity index (χ4v) is 6.70. The van der Waals surface area contributed by atoms with E-state index in [9.17, 15) is 22.0 Å². The Bertz CT molecular complexity index is 1650. The zero-order valence-electron chi connectivity index (χ0n) is 20.0. The monoisotopic (exact) mass is 523 g/mol. The van der Waals surface area contributed by atoms with E-state index < -0.39 is 27.2 Å². The van der Waals surface area contributed by atoms with Crippen LogP contribution in [0.5, 0.6) is 0 Å². The molecule has 1 saturated carbocycles. The van der Waals surface area contributed by atoms with Gasteiger partial charge in [-0.3, -0.25) is 4.79 Å². The van der Waals surface area contributed by atoms with Crippen LogP contribution in [0.3, 0.4) is 0 Å². The van der Waals surface area contributed by atoms with Crippen molar-refractivity contribution < 1.29 is 22.0 Å². The molecule has 1 amide bonds. The van der Waals surface area contributed by atoms with Crippen LogP contribution in [0.15, 0.2) is 60.9 Å². The van der Waals surface area contributed by atoms with Crippen LogP contribution in [0.4, 0.5) is 14.6 Å². The number of pyridine rings is 1. The number of piperidine rings is 1. The first-order chi connectivity index (χ1) is 17.6. The molecule has 3 atom stereocenters. The summed E-state index contributed by atoms with van der Waals surface area (Å²) in [5.74, 6) is -1.58. The molecule has 1 aliphatic carbocycles. The van der Waals surface area contributed by atoms with Crippen molar-refractivity contribution in [3.63, 3.8) is 0 Å². The highest BCUT2D eigenvalue weighted by atomic mass is 32.2. The molecule has 1 saturated heterocycles. The van der Waals surface area contributed by atoms with Crippen LogP contribution in [0.25, 0.3) is 16.6 Å². The predicted octanol–water partition coefficient (Wildman–Crippen LogP) is 3.40. The summed E-state index contributed by atoms with van der Waals surface area (Å²) in [6, 6.07) is 12.6. The topological polar surface area (TPSA) is 97.2 Å². The highest BCUT2D eigenvalue weighted by molar-refractivity contribution is 7.88. The molecule has 37 heavy (non-hydrogen) atoms. The number of rotatable bonds is 5. The second-order valence-corrected chi connectivity index (χ2v) is 11.8.